The number of halogens is 2. The highest BCUT2D eigenvalue weighted by atomic mass is 28.3. The minimum atomic E-state index is -2.10. The molecule has 0 atom stereocenters. The van der Waals surface area contributed by atoms with Crippen molar-refractivity contribution in [2.24, 2.45) is 5.41 Å². The van der Waals surface area contributed by atoms with E-state index in [0.29, 0.717) is 0 Å². The Bertz CT molecular complexity index is 172. The van der Waals surface area contributed by atoms with E-state index in [2.05, 4.69) is 0 Å². The van der Waals surface area contributed by atoms with Crippen LogP contribution in [0.3, 0.4) is 0 Å². The molecule has 0 unspecified atom stereocenters. The third kappa shape index (κ3) is 3.05. The van der Waals surface area contributed by atoms with E-state index >= 15 is 0 Å². The molecule has 0 fully saturated rings. The van der Waals surface area contributed by atoms with E-state index in [0.717, 1.165) is 0 Å². The van der Waals surface area contributed by atoms with Gasteiger partial charge in [-0.3, -0.25) is 0 Å². The quantitative estimate of drug-likeness (QED) is 0.550. The minimum absolute atomic E-state index is 0.505. The van der Waals surface area contributed by atoms with Gasteiger partial charge in [-0.2, -0.15) is 0 Å². The molecular formula is C9H18F2Si. The molecule has 0 spiro atoms. The van der Waals surface area contributed by atoms with Gasteiger partial charge in [-0.05, 0) is 0 Å². The molecule has 0 bridgehead atoms. The van der Waals surface area contributed by atoms with Gasteiger partial charge in [-0.1, -0.05) is 40.4 Å². The summed E-state index contributed by atoms with van der Waals surface area (Å²) < 4.78 is 26.7. The Morgan fingerprint density at radius 1 is 1.00 bits per heavy atom. The third-order valence-corrected chi connectivity index (χ3v) is 3.05. The molecule has 0 aromatic heterocycles. The maximum atomic E-state index is 13.4. The molecule has 12 heavy (non-hydrogen) atoms. The topological polar surface area (TPSA) is 0 Å². The van der Waals surface area contributed by atoms with Crippen molar-refractivity contribution < 1.29 is 8.78 Å². The minimum Gasteiger partial charge on any atom is -0.215 e. The van der Waals surface area contributed by atoms with E-state index in [1.54, 1.807) is 40.4 Å². The van der Waals surface area contributed by atoms with E-state index < -0.39 is 24.8 Å². The van der Waals surface area contributed by atoms with Gasteiger partial charge in [0.25, 0.3) is 0 Å². The summed E-state index contributed by atoms with van der Waals surface area (Å²) in [5, 5.41) is 0. The molecule has 0 aromatic carbocycles. The van der Waals surface area contributed by atoms with Crippen LogP contribution in [0.15, 0.2) is 11.3 Å². The van der Waals surface area contributed by atoms with Crippen LogP contribution in [0.1, 0.15) is 20.8 Å². The molecular weight excluding hydrogens is 174 g/mol. The van der Waals surface area contributed by atoms with Gasteiger partial charge in [0, 0.05) is 5.41 Å². The summed E-state index contributed by atoms with van der Waals surface area (Å²) in [5.74, 6) is -0.582. The van der Waals surface area contributed by atoms with Gasteiger partial charge in [0.15, 0.2) is 0 Å². The van der Waals surface area contributed by atoms with Gasteiger partial charge >= 0.3 is 0 Å². The molecule has 0 radical (unpaired) electrons. The van der Waals surface area contributed by atoms with Gasteiger partial charge in [-0.15, -0.1) is 0 Å². The van der Waals surface area contributed by atoms with E-state index in [9.17, 15) is 8.78 Å². The lowest BCUT2D eigenvalue weighted by Gasteiger charge is -2.21. The second-order valence-electron chi connectivity index (χ2n) is 5.13. The predicted molar refractivity (Wildman–Crippen MR) is 52.0 cm³/mol. The highest BCUT2D eigenvalue weighted by Crippen LogP contribution is 2.33. The Morgan fingerprint density at radius 2 is 1.33 bits per heavy atom. The normalized spacial score (nSPS) is 16.0. The molecule has 0 saturated carbocycles. The maximum Gasteiger partial charge on any atom is 0.132 e. The Morgan fingerprint density at radius 3 is 1.42 bits per heavy atom. The van der Waals surface area contributed by atoms with Crippen molar-refractivity contribution in [3.8, 4) is 0 Å². The van der Waals surface area contributed by atoms with Crippen molar-refractivity contribution in [3.63, 3.8) is 0 Å². The number of rotatable bonds is 1. The highest BCUT2D eigenvalue weighted by molar-refractivity contribution is 6.82. The lowest BCUT2D eigenvalue weighted by molar-refractivity contribution is 0.363. The fourth-order valence-corrected chi connectivity index (χ4v) is 1.69. The van der Waals surface area contributed by atoms with Crippen molar-refractivity contribution in [3.05, 3.63) is 11.3 Å². The summed E-state index contributed by atoms with van der Waals surface area (Å²) in [4.78, 5) is 0. The lowest BCUT2D eigenvalue weighted by Crippen LogP contribution is -2.25. The number of hydrogen-bond donors (Lipinski definition) is 0. The predicted octanol–water partition coefficient (Wildman–Crippen LogP) is 4.06. The molecule has 0 N–H and O–H groups in total. The second-order valence-corrected chi connectivity index (χ2v) is 10.1. The molecule has 0 saturated heterocycles. The van der Waals surface area contributed by atoms with Crippen molar-refractivity contribution >= 4 is 8.07 Å². The zero-order valence-electron chi connectivity index (χ0n) is 8.76. The van der Waals surface area contributed by atoms with Crippen LogP contribution in [0.25, 0.3) is 0 Å². The largest absolute Gasteiger partial charge is 0.215 e. The molecule has 0 aliphatic carbocycles. The molecule has 0 amide bonds. The number of hydrogen-bond acceptors (Lipinski definition) is 0. The van der Waals surface area contributed by atoms with Crippen LogP contribution in [0, 0.1) is 5.41 Å². The van der Waals surface area contributed by atoms with Crippen molar-refractivity contribution in [2.45, 2.75) is 40.4 Å². The van der Waals surface area contributed by atoms with E-state index in [1.165, 1.54) is 0 Å². The molecule has 0 aliphatic rings. The average Bonchev–Trinajstić information content (AvgIpc) is 1.80. The smallest absolute Gasteiger partial charge is 0.132 e. The summed E-state index contributed by atoms with van der Waals surface area (Å²) in [7, 11) is -2.10. The molecule has 72 valence electrons. The molecule has 0 aromatic rings. The van der Waals surface area contributed by atoms with E-state index in [4.69, 9.17) is 0 Å². The Kier molecular flexibility index (Phi) is 3.23. The van der Waals surface area contributed by atoms with Crippen LogP contribution in [0.4, 0.5) is 8.78 Å². The van der Waals surface area contributed by atoms with Gasteiger partial charge in [0.05, 0.1) is 0 Å². The van der Waals surface area contributed by atoms with Crippen molar-refractivity contribution in [1.29, 1.82) is 0 Å². The first kappa shape index (κ1) is 11.8. The van der Waals surface area contributed by atoms with Crippen LogP contribution in [0.2, 0.25) is 19.6 Å². The zero-order chi connectivity index (χ0) is 10.2. The number of allylic oxidation sites excluding steroid dienone is 1. The summed E-state index contributed by atoms with van der Waals surface area (Å²) in [5.41, 5.74) is -1.19. The van der Waals surface area contributed by atoms with Crippen molar-refractivity contribution in [1.82, 2.24) is 0 Å². The van der Waals surface area contributed by atoms with Gasteiger partial charge in [-0.25, -0.2) is 8.78 Å². The van der Waals surface area contributed by atoms with Crippen LogP contribution < -0.4 is 0 Å². The fourth-order valence-electron chi connectivity index (χ4n) is 0.658. The Hall–Kier alpha value is -0.183. The summed E-state index contributed by atoms with van der Waals surface area (Å²) in [6, 6.07) is 0. The van der Waals surface area contributed by atoms with Crippen molar-refractivity contribution in [2.75, 3.05) is 0 Å². The van der Waals surface area contributed by atoms with Crippen LogP contribution in [-0.2, 0) is 0 Å². The first-order valence-electron chi connectivity index (χ1n) is 4.13. The average molecular weight is 192 g/mol. The van der Waals surface area contributed by atoms with Crippen LogP contribution >= 0.6 is 0 Å². The lowest BCUT2D eigenvalue weighted by atomic mass is 9.96. The summed E-state index contributed by atoms with van der Waals surface area (Å²) in [6.07, 6.45) is 0. The maximum absolute atomic E-state index is 13.4. The standard InChI is InChI=1S/C9H18F2Si/c1-9(2,3)7(10)8(11)12(4,5)6/h1-6H3/b8-7-. The van der Waals surface area contributed by atoms with Gasteiger partial charge in [0.2, 0.25) is 0 Å². The third-order valence-electron chi connectivity index (χ3n) is 1.51. The SMILES string of the molecule is CC(C)(C)/C(F)=C(\F)[Si](C)(C)C. The molecule has 0 aliphatic heterocycles. The van der Waals surface area contributed by atoms with Gasteiger partial charge < -0.3 is 0 Å². The second kappa shape index (κ2) is 3.28. The van der Waals surface area contributed by atoms with Crippen LogP contribution in [-0.4, -0.2) is 8.07 Å². The van der Waals surface area contributed by atoms with Gasteiger partial charge in [0.1, 0.15) is 19.4 Å². The molecule has 3 heteroatoms. The van der Waals surface area contributed by atoms with E-state index in [-0.39, 0.29) is 0 Å². The zero-order valence-corrected chi connectivity index (χ0v) is 9.76. The highest BCUT2D eigenvalue weighted by Gasteiger charge is 2.30. The monoisotopic (exact) mass is 192 g/mol. The first-order valence-corrected chi connectivity index (χ1v) is 7.63. The first-order chi connectivity index (χ1) is 5.07. The summed E-state index contributed by atoms with van der Waals surface area (Å²) in [6.45, 7) is 10.4. The molecule has 0 heterocycles. The molecule has 0 rings (SSSR count). The molecule has 0 nitrogen and oxygen atoms in total. The summed E-state index contributed by atoms with van der Waals surface area (Å²) >= 11 is 0. The Balaban J connectivity index is 4.96. The fraction of sp³-hybridized carbons (Fsp3) is 0.778. The van der Waals surface area contributed by atoms with E-state index in [1.807, 2.05) is 0 Å². The van der Waals surface area contributed by atoms with Crippen LogP contribution in [0.5, 0.6) is 0 Å². The Labute approximate surface area is 74.7 Å².